The van der Waals surface area contributed by atoms with Crippen molar-refractivity contribution < 1.29 is 14.4 Å². The van der Waals surface area contributed by atoms with E-state index in [1.54, 1.807) is 6.92 Å². The van der Waals surface area contributed by atoms with Gasteiger partial charge in [0.05, 0.1) is 6.04 Å². The molecule has 0 saturated heterocycles. The van der Waals surface area contributed by atoms with Crippen molar-refractivity contribution in [2.45, 2.75) is 58.3 Å². The molecule has 2 aromatic carbocycles. The zero-order chi connectivity index (χ0) is 24.4. The topological polar surface area (TPSA) is 113 Å². The van der Waals surface area contributed by atoms with Crippen molar-refractivity contribution >= 4 is 33.7 Å². The van der Waals surface area contributed by atoms with Crippen molar-refractivity contribution in [3.05, 3.63) is 70.2 Å². The molecule has 7 nitrogen and oxygen atoms in total. The van der Waals surface area contributed by atoms with Crippen molar-refractivity contribution in [2.75, 3.05) is 0 Å². The number of halogens is 1. The molecule has 0 aliphatic carbocycles. The average Bonchev–Trinajstić information content (AvgIpc) is 2.77. The molecular formula is C25H33BrN4O3. The molecule has 5 N–H and O–H groups in total. The van der Waals surface area contributed by atoms with Crippen LogP contribution in [0, 0.1) is 5.92 Å². The fourth-order valence-electron chi connectivity index (χ4n) is 3.31. The van der Waals surface area contributed by atoms with Gasteiger partial charge >= 0.3 is 0 Å². The Labute approximate surface area is 204 Å². The van der Waals surface area contributed by atoms with Crippen LogP contribution in [0.3, 0.4) is 0 Å². The van der Waals surface area contributed by atoms with E-state index in [0.29, 0.717) is 19.4 Å². The predicted octanol–water partition coefficient (Wildman–Crippen LogP) is 2.67. The Bertz CT molecular complexity index is 936. The second-order valence-electron chi connectivity index (χ2n) is 8.56. The first-order chi connectivity index (χ1) is 15.7. The van der Waals surface area contributed by atoms with Crippen LogP contribution in [-0.2, 0) is 27.3 Å². The zero-order valence-corrected chi connectivity index (χ0v) is 20.9. The van der Waals surface area contributed by atoms with Gasteiger partial charge in [0.2, 0.25) is 17.7 Å². The maximum absolute atomic E-state index is 12.8. The predicted molar refractivity (Wildman–Crippen MR) is 133 cm³/mol. The molecule has 3 amide bonds. The van der Waals surface area contributed by atoms with Crippen molar-refractivity contribution in [1.82, 2.24) is 16.0 Å². The molecule has 3 atom stereocenters. The minimum absolute atomic E-state index is 0.191. The van der Waals surface area contributed by atoms with Gasteiger partial charge in [0.1, 0.15) is 12.1 Å². The lowest BCUT2D eigenvalue weighted by molar-refractivity contribution is -0.132. The lowest BCUT2D eigenvalue weighted by atomic mass is 10.0. The summed E-state index contributed by atoms with van der Waals surface area (Å²) in [6.07, 6.45) is 0.846. The molecule has 0 unspecified atom stereocenters. The number of carbonyl (C=O) groups excluding carboxylic acids is 3. The molecule has 0 fully saturated rings. The third kappa shape index (κ3) is 9.35. The van der Waals surface area contributed by atoms with E-state index >= 15 is 0 Å². The van der Waals surface area contributed by atoms with E-state index in [1.807, 2.05) is 68.4 Å². The van der Waals surface area contributed by atoms with E-state index in [1.165, 1.54) is 0 Å². The fraction of sp³-hybridized carbons (Fsp3) is 0.400. The summed E-state index contributed by atoms with van der Waals surface area (Å²) in [5.41, 5.74) is 7.89. The molecule has 33 heavy (non-hydrogen) atoms. The van der Waals surface area contributed by atoms with Crippen LogP contribution < -0.4 is 21.7 Å². The first-order valence-electron chi connectivity index (χ1n) is 11.1. The summed E-state index contributed by atoms with van der Waals surface area (Å²) in [5, 5.41) is 8.30. The number of amides is 3. The third-order valence-electron chi connectivity index (χ3n) is 5.08. The largest absolute Gasteiger partial charge is 0.350 e. The van der Waals surface area contributed by atoms with Crippen molar-refractivity contribution in [3.63, 3.8) is 0 Å². The number of hydrogen-bond acceptors (Lipinski definition) is 4. The Balaban J connectivity index is 1.91. The Morgan fingerprint density at radius 3 is 2.18 bits per heavy atom. The van der Waals surface area contributed by atoms with E-state index in [-0.39, 0.29) is 11.8 Å². The van der Waals surface area contributed by atoms with Gasteiger partial charge < -0.3 is 21.7 Å². The molecule has 2 rings (SSSR count). The molecule has 0 spiro atoms. The number of nitrogens with two attached hydrogens (primary N) is 1. The van der Waals surface area contributed by atoms with E-state index < -0.39 is 29.9 Å². The second kappa shape index (κ2) is 13.1. The molecule has 0 aromatic heterocycles. The lowest BCUT2D eigenvalue weighted by Gasteiger charge is -2.23. The average molecular weight is 517 g/mol. The summed E-state index contributed by atoms with van der Waals surface area (Å²) >= 11 is 3.41. The highest BCUT2D eigenvalue weighted by Crippen LogP contribution is 2.12. The quantitative estimate of drug-likeness (QED) is 0.367. The van der Waals surface area contributed by atoms with Crippen LogP contribution in [0.15, 0.2) is 59.1 Å². The van der Waals surface area contributed by atoms with Crippen LogP contribution in [0.25, 0.3) is 0 Å². The number of rotatable bonds is 11. The van der Waals surface area contributed by atoms with E-state index in [4.69, 9.17) is 5.73 Å². The van der Waals surface area contributed by atoms with Gasteiger partial charge in [-0.25, -0.2) is 0 Å². The third-order valence-corrected chi connectivity index (χ3v) is 5.58. The standard InChI is InChI=1S/C25H33BrN4O3/c1-16(2)12-22(25(33)28-15-19-10-7-11-20(26)13-19)30-23(31)17(3)29-24(32)21(27)14-18-8-5-4-6-9-18/h4-11,13,16-17,21-22H,12,14-15,27H2,1-3H3,(H,28,33)(H,29,32)(H,30,31)/t17-,21-,22-/m0/s1. The molecule has 0 saturated carbocycles. The monoisotopic (exact) mass is 516 g/mol. The second-order valence-corrected chi connectivity index (χ2v) is 9.48. The molecule has 0 radical (unpaired) electrons. The van der Waals surface area contributed by atoms with Gasteiger partial charge in [0.15, 0.2) is 0 Å². The molecule has 0 aliphatic rings. The normalized spacial score (nSPS) is 13.6. The SMILES string of the molecule is CC(C)C[C@H](NC(=O)[C@H](C)NC(=O)[C@@H](N)Cc1ccccc1)C(=O)NCc1cccc(Br)c1. The summed E-state index contributed by atoms with van der Waals surface area (Å²) in [5.74, 6) is -0.924. The van der Waals surface area contributed by atoms with Gasteiger partial charge in [-0.1, -0.05) is 72.2 Å². The molecule has 0 aliphatic heterocycles. The van der Waals surface area contributed by atoms with Crippen LogP contribution >= 0.6 is 15.9 Å². The van der Waals surface area contributed by atoms with E-state index in [0.717, 1.165) is 15.6 Å². The molecule has 2 aromatic rings. The lowest BCUT2D eigenvalue weighted by Crippen LogP contribution is -2.55. The zero-order valence-electron chi connectivity index (χ0n) is 19.3. The smallest absolute Gasteiger partial charge is 0.242 e. The summed E-state index contributed by atoms with van der Waals surface area (Å²) in [7, 11) is 0. The molecular weight excluding hydrogens is 484 g/mol. The summed E-state index contributed by atoms with van der Waals surface area (Å²) in [6, 6.07) is 14.8. The van der Waals surface area contributed by atoms with Gasteiger partial charge in [0.25, 0.3) is 0 Å². The highest BCUT2D eigenvalue weighted by atomic mass is 79.9. The van der Waals surface area contributed by atoms with Crippen LogP contribution in [-0.4, -0.2) is 35.8 Å². The Morgan fingerprint density at radius 1 is 0.879 bits per heavy atom. The van der Waals surface area contributed by atoms with Gasteiger partial charge in [-0.2, -0.15) is 0 Å². The molecule has 0 heterocycles. The Morgan fingerprint density at radius 2 is 1.55 bits per heavy atom. The molecule has 0 bridgehead atoms. The van der Waals surface area contributed by atoms with Gasteiger partial charge in [0, 0.05) is 11.0 Å². The van der Waals surface area contributed by atoms with Crippen LogP contribution in [0.2, 0.25) is 0 Å². The Hall–Kier alpha value is -2.71. The number of carbonyl (C=O) groups is 3. The van der Waals surface area contributed by atoms with E-state index in [9.17, 15) is 14.4 Å². The number of nitrogens with one attached hydrogen (secondary N) is 3. The van der Waals surface area contributed by atoms with Gasteiger partial charge in [-0.05, 0) is 48.9 Å². The highest BCUT2D eigenvalue weighted by molar-refractivity contribution is 9.10. The highest BCUT2D eigenvalue weighted by Gasteiger charge is 2.26. The van der Waals surface area contributed by atoms with Gasteiger partial charge in [-0.3, -0.25) is 14.4 Å². The first-order valence-corrected chi connectivity index (χ1v) is 11.9. The van der Waals surface area contributed by atoms with Crippen LogP contribution in [0.4, 0.5) is 0 Å². The molecule has 178 valence electrons. The number of benzene rings is 2. The maximum atomic E-state index is 12.8. The summed E-state index contributed by atoms with van der Waals surface area (Å²) in [6.45, 7) is 5.89. The fourth-order valence-corrected chi connectivity index (χ4v) is 3.75. The van der Waals surface area contributed by atoms with Crippen molar-refractivity contribution in [2.24, 2.45) is 11.7 Å². The van der Waals surface area contributed by atoms with Crippen LogP contribution in [0.1, 0.15) is 38.3 Å². The minimum atomic E-state index is -0.827. The first kappa shape index (κ1) is 26.5. The van der Waals surface area contributed by atoms with Gasteiger partial charge in [-0.15, -0.1) is 0 Å². The summed E-state index contributed by atoms with van der Waals surface area (Å²) < 4.78 is 0.927. The van der Waals surface area contributed by atoms with Crippen molar-refractivity contribution in [1.29, 1.82) is 0 Å². The maximum Gasteiger partial charge on any atom is 0.242 e. The molecule has 8 heteroatoms. The van der Waals surface area contributed by atoms with Crippen molar-refractivity contribution in [3.8, 4) is 0 Å². The number of hydrogen-bond donors (Lipinski definition) is 4. The van der Waals surface area contributed by atoms with Crippen LogP contribution in [0.5, 0.6) is 0 Å². The Kier molecular flexibility index (Phi) is 10.5. The van der Waals surface area contributed by atoms with E-state index in [2.05, 4.69) is 31.9 Å². The summed E-state index contributed by atoms with van der Waals surface area (Å²) in [4.78, 5) is 38.0. The minimum Gasteiger partial charge on any atom is -0.350 e.